The van der Waals surface area contributed by atoms with Crippen molar-refractivity contribution in [2.45, 2.75) is 25.4 Å². The van der Waals surface area contributed by atoms with E-state index in [4.69, 9.17) is 11.0 Å². The third kappa shape index (κ3) is 4.10. The molecule has 1 aromatic heterocycles. The van der Waals surface area contributed by atoms with Crippen LogP contribution in [-0.4, -0.2) is 40.1 Å². The van der Waals surface area contributed by atoms with Crippen LogP contribution in [0.1, 0.15) is 18.4 Å². The largest absolute Gasteiger partial charge is 0.328 e. The lowest BCUT2D eigenvalue weighted by Crippen LogP contribution is -2.41. The van der Waals surface area contributed by atoms with E-state index in [0.717, 1.165) is 32.5 Å². The summed E-state index contributed by atoms with van der Waals surface area (Å²) in [6, 6.07) is 7.65. The van der Waals surface area contributed by atoms with Crippen LogP contribution in [0, 0.1) is 17.1 Å². The minimum absolute atomic E-state index is 0.0293. The van der Waals surface area contributed by atoms with Gasteiger partial charge in [-0.1, -0.05) is 6.07 Å². The summed E-state index contributed by atoms with van der Waals surface area (Å²) < 4.78 is 15.3. The average Bonchev–Trinajstić information content (AvgIpc) is 2.62. The molecule has 0 amide bonds. The number of likely N-dealkylation sites (tertiary alicyclic amines) is 1. The van der Waals surface area contributed by atoms with Gasteiger partial charge in [0.05, 0.1) is 17.6 Å². The molecule has 2 heterocycles. The van der Waals surface area contributed by atoms with Crippen molar-refractivity contribution in [1.29, 1.82) is 5.26 Å². The zero-order chi connectivity index (χ0) is 17.8. The fourth-order valence-electron chi connectivity index (χ4n) is 2.94. The lowest BCUT2D eigenvalue weighted by atomic mass is 10.1. The van der Waals surface area contributed by atoms with Gasteiger partial charge in [0.25, 0.3) is 5.56 Å². The van der Waals surface area contributed by atoms with E-state index in [9.17, 15) is 9.18 Å². The second-order valence-electron chi connectivity index (χ2n) is 6.29. The highest BCUT2D eigenvalue weighted by atomic mass is 19.1. The number of hydrogen-bond acceptors (Lipinski definition) is 5. The highest BCUT2D eigenvalue weighted by molar-refractivity contribution is 5.59. The van der Waals surface area contributed by atoms with E-state index in [1.165, 1.54) is 24.5 Å². The predicted octanol–water partition coefficient (Wildman–Crippen LogP) is 1.34. The van der Waals surface area contributed by atoms with Crippen LogP contribution in [-0.2, 0) is 6.54 Å². The summed E-state index contributed by atoms with van der Waals surface area (Å²) in [5.41, 5.74) is 6.56. The second-order valence-corrected chi connectivity index (χ2v) is 6.29. The molecular weight excluding hydrogens is 321 g/mol. The lowest BCUT2D eigenvalue weighted by Gasteiger charge is -2.30. The standard InChI is InChI=1S/C18H20FN5O/c19-16-9-13(1-2-14(16)11-20)17-10-18(25)24(12-22-17)8-7-23-5-3-15(21)4-6-23/h1-2,9-10,12,15H,3-8,21H2. The quantitative estimate of drug-likeness (QED) is 0.907. The third-order valence-electron chi connectivity index (χ3n) is 4.55. The Morgan fingerprint density at radius 3 is 2.68 bits per heavy atom. The summed E-state index contributed by atoms with van der Waals surface area (Å²) in [5, 5.41) is 8.77. The van der Waals surface area contributed by atoms with Gasteiger partial charge >= 0.3 is 0 Å². The van der Waals surface area contributed by atoms with Crippen LogP contribution in [0.15, 0.2) is 35.4 Å². The molecule has 7 heteroatoms. The molecule has 0 spiro atoms. The van der Waals surface area contributed by atoms with Crippen LogP contribution < -0.4 is 11.3 Å². The maximum atomic E-state index is 13.7. The Labute approximate surface area is 145 Å². The SMILES string of the molecule is N#Cc1ccc(-c2cc(=O)n(CCN3CCC(N)CC3)cn2)cc1F. The van der Waals surface area contributed by atoms with Gasteiger partial charge < -0.3 is 10.6 Å². The first kappa shape index (κ1) is 17.3. The van der Waals surface area contributed by atoms with E-state index in [0.29, 0.717) is 17.8 Å². The zero-order valence-corrected chi connectivity index (χ0v) is 13.9. The van der Waals surface area contributed by atoms with Crippen molar-refractivity contribution in [2.24, 2.45) is 5.73 Å². The molecule has 3 rings (SSSR count). The molecule has 0 unspecified atom stereocenters. The maximum Gasteiger partial charge on any atom is 0.253 e. The second kappa shape index (κ2) is 7.55. The molecule has 1 saturated heterocycles. The molecule has 25 heavy (non-hydrogen) atoms. The number of hydrogen-bond donors (Lipinski definition) is 1. The number of nitriles is 1. The number of rotatable bonds is 4. The fourth-order valence-corrected chi connectivity index (χ4v) is 2.94. The van der Waals surface area contributed by atoms with Gasteiger partial charge in [-0.3, -0.25) is 9.36 Å². The molecule has 2 N–H and O–H groups in total. The van der Waals surface area contributed by atoms with Gasteiger partial charge in [0, 0.05) is 30.8 Å². The van der Waals surface area contributed by atoms with Gasteiger partial charge in [-0.15, -0.1) is 0 Å². The zero-order valence-electron chi connectivity index (χ0n) is 13.9. The number of piperidine rings is 1. The predicted molar refractivity (Wildman–Crippen MR) is 92.3 cm³/mol. The minimum Gasteiger partial charge on any atom is -0.328 e. The first-order valence-electron chi connectivity index (χ1n) is 8.31. The Hall–Kier alpha value is -2.56. The maximum absolute atomic E-state index is 13.7. The molecule has 0 radical (unpaired) electrons. The van der Waals surface area contributed by atoms with Crippen LogP contribution in [0.5, 0.6) is 0 Å². The Kier molecular flexibility index (Phi) is 5.22. The monoisotopic (exact) mass is 341 g/mol. The minimum atomic E-state index is -0.616. The van der Waals surface area contributed by atoms with E-state index >= 15 is 0 Å². The summed E-state index contributed by atoms with van der Waals surface area (Å²) in [5.74, 6) is -0.616. The average molecular weight is 341 g/mol. The summed E-state index contributed by atoms with van der Waals surface area (Å²) >= 11 is 0. The highest BCUT2D eigenvalue weighted by Gasteiger charge is 2.15. The van der Waals surface area contributed by atoms with E-state index in [2.05, 4.69) is 9.88 Å². The Morgan fingerprint density at radius 1 is 1.28 bits per heavy atom. The molecule has 2 aromatic rings. The normalized spacial score (nSPS) is 15.9. The fraction of sp³-hybridized carbons (Fsp3) is 0.389. The summed E-state index contributed by atoms with van der Waals surface area (Å²) in [4.78, 5) is 18.8. The molecule has 1 fully saturated rings. The molecule has 130 valence electrons. The van der Waals surface area contributed by atoms with Crippen LogP contribution in [0.4, 0.5) is 4.39 Å². The van der Waals surface area contributed by atoms with Gasteiger partial charge in [0.15, 0.2) is 0 Å². The molecule has 0 atom stereocenters. The van der Waals surface area contributed by atoms with Crippen LogP contribution in [0.25, 0.3) is 11.3 Å². The topological polar surface area (TPSA) is 87.9 Å². The highest BCUT2D eigenvalue weighted by Crippen LogP contribution is 2.18. The summed E-state index contributed by atoms with van der Waals surface area (Å²) in [7, 11) is 0. The van der Waals surface area contributed by atoms with Crippen molar-refractivity contribution in [2.75, 3.05) is 19.6 Å². The first-order valence-corrected chi connectivity index (χ1v) is 8.31. The molecule has 0 saturated carbocycles. The molecule has 0 aliphatic carbocycles. The van der Waals surface area contributed by atoms with Crippen LogP contribution in [0.3, 0.4) is 0 Å². The summed E-state index contributed by atoms with van der Waals surface area (Å²) in [6.45, 7) is 3.24. The Bertz CT molecular complexity index is 849. The Balaban J connectivity index is 1.70. The molecule has 1 aliphatic rings. The van der Waals surface area contributed by atoms with Crippen molar-refractivity contribution >= 4 is 0 Å². The van der Waals surface area contributed by atoms with Gasteiger partial charge in [-0.05, 0) is 38.1 Å². The van der Waals surface area contributed by atoms with E-state index in [1.54, 1.807) is 16.7 Å². The number of nitrogens with two attached hydrogens (primary N) is 1. The molecule has 0 bridgehead atoms. The van der Waals surface area contributed by atoms with Gasteiger partial charge in [0.2, 0.25) is 0 Å². The number of nitrogens with zero attached hydrogens (tertiary/aromatic N) is 4. The first-order chi connectivity index (χ1) is 12.1. The molecule has 1 aliphatic heterocycles. The lowest BCUT2D eigenvalue weighted by molar-refractivity contribution is 0.205. The van der Waals surface area contributed by atoms with Crippen LogP contribution >= 0.6 is 0 Å². The van der Waals surface area contributed by atoms with E-state index in [-0.39, 0.29) is 17.2 Å². The van der Waals surface area contributed by atoms with Gasteiger partial charge in [-0.2, -0.15) is 5.26 Å². The van der Waals surface area contributed by atoms with Crippen molar-refractivity contribution in [1.82, 2.24) is 14.5 Å². The van der Waals surface area contributed by atoms with Crippen LogP contribution in [0.2, 0.25) is 0 Å². The van der Waals surface area contributed by atoms with Crippen molar-refractivity contribution in [3.05, 3.63) is 52.3 Å². The van der Waals surface area contributed by atoms with Crippen molar-refractivity contribution in [3.63, 3.8) is 0 Å². The van der Waals surface area contributed by atoms with E-state index in [1.807, 2.05) is 0 Å². The molecule has 6 nitrogen and oxygen atoms in total. The summed E-state index contributed by atoms with van der Waals surface area (Å²) in [6.07, 6.45) is 3.45. The number of aromatic nitrogens is 2. The number of halogens is 1. The van der Waals surface area contributed by atoms with Crippen molar-refractivity contribution < 1.29 is 4.39 Å². The third-order valence-corrected chi connectivity index (χ3v) is 4.55. The smallest absolute Gasteiger partial charge is 0.253 e. The Morgan fingerprint density at radius 2 is 2.04 bits per heavy atom. The van der Waals surface area contributed by atoms with E-state index < -0.39 is 5.82 Å². The molecular formula is C18H20FN5O. The van der Waals surface area contributed by atoms with Gasteiger partial charge in [0.1, 0.15) is 11.9 Å². The van der Waals surface area contributed by atoms with Gasteiger partial charge in [-0.25, -0.2) is 9.37 Å². The molecule has 1 aromatic carbocycles. The van der Waals surface area contributed by atoms with Crippen molar-refractivity contribution in [3.8, 4) is 17.3 Å². The number of benzene rings is 1.